The van der Waals surface area contributed by atoms with Crippen LogP contribution in [0, 0.1) is 5.82 Å². The van der Waals surface area contributed by atoms with Crippen molar-refractivity contribution in [2.45, 2.75) is 25.3 Å². The zero-order valence-corrected chi connectivity index (χ0v) is 12.1. The van der Waals surface area contributed by atoms with Gasteiger partial charge in [-0.25, -0.2) is 4.39 Å². The molecule has 21 heavy (non-hydrogen) atoms. The summed E-state index contributed by atoms with van der Waals surface area (Å²) in [6, 6.07) is 4.01. The van der Waals surface area contributed by atoms with Crippen LogP contribution in [0.25, 0.3) is 0 Å². The third-order valence-electron chi connectivity index (χ3n) is 3.23. The molecular formula is C14H16ClFN2O3. The summed E-state index contributed by atoms with van der Waals surface area (Å²) >= 11 is 5.84. The molecule has 1 aromatic rings. The molecule has 0 aliphatic heterocycles. The first-order valence-electron chi connectivity index (χ1n) is 6.66. The molecule has 2 N–H and O–H groups in total. The number of hydrogen-bond donors (Lipinski definition) is 2. The van der Waals surface area contributed by atoms with Gasteiger partial charge in [-0.15, -0.1) is 0 Å². The number of nitrogens with one attached hydrogen (secondary N) is 1. The maximum atomic E-state index is 12.9. The van der Waals surface area contributed by atoms with E-state index in [1.54, 1.807) is 0 Å². The van der Waals surface area contributed by atoms with Crippen LogP contribution in [0.2, 0.25) is 5.02 Å². The number of amides is 1. The average Bonchev–Trinajstić information content (AvgIpc) is 3.22. The zero-order valence-electron chi connectivity index (χ0n) is 11.3. The number of rotatable bonds is 7. The minimum atomic E-state index is -0.886. The molecule has 0 atom stereocenters. The van der Waals surface area contributed by atoms with Crippen LogP contribution < -0.4 is 5.32 Å². The molecule has 5 nitrogen and oxygen atoms in total. The smallest absolute Gasteiger partial charge is 0.304 e. The summed E-state index contributed by atoms with van der Waals surface area (Å²) in [4.78, 5) is 24.5. The second kappa shape index (κ2) is 6.87. The van der Waals surface area contributed by atoms with Gasteiger partial charge in [0.05, 0.1) is 23.7 Å². The Kier molecular flexibility index (Phi) is 5.14. The summed E-state index contributed by atoms with van der Waals surface area (Å²) < 4.78 is 12.9. The summed E-state index contributed by atoms with van der Waals surface area (Å²) in [5.41, 5.74) is 0.344. The molecule has 0 heterocycles. The monoisotopic (exact) mass is 314 g/mol. The second-order valence-corrected chi connectivity index (χ2v) is 5.42. The average molecular weight is 315 g/mol. The van der Waals surface area contributed by atoms with E-state index in [4.69, 9.17) is 16.7 Å². The van der Waals surface area contributed by atoms with Gasteiger partial charge in [0.25, 0.3) is 0 Å². The van der Waals surface area contributed by atoms with Gasteiger partial charge in [0, 0.05) is 12.6 Å². The lowest BCUT2D eigenvalue weighted by molar-refractivity contribution is -0.137. The molecule has 1 aliphatic rings. The number of carbonyl (C=O) groups excluding carboxylic acids is 1. The molecule has 0 radical (unpaired) electrons. The predicted molar refractivity (Wildman–Crippen MR) is 76.9 cm³/mol. The summed E-state index contributed by atoms with van der Waals surface area (Å²) in [7, 11) is 0. The van der Waals surface area contributed by atoms with Crippen LogP contribution in [0.15, 0.2) is 18.2 Å². The van der Waals surface area contributed by atoms with Gasteiger partial charge in [0.15, 0.2) is 0 Å². The molecule has 0 spiro atoms. The maximum absolute atomic E-state index is 12.9. The molecule has 0 aromatic heterocycles. The van der Waals surface area contributed by atoms with E-state index in [0.717, 1.165) is 18.9 Å². The van der Waals surface area contributed by atoms with Gasteiger partial charge in [-0.3, -0.25) is 14.5 Å². The molecule has 0 bridgehead atoms. The van der Waals surface area contributed by atoms with Gasteiger partial charge in [-0.05, 0) is 31.0 Å². The SMILES string of the molecule is O=C(O)CCN(CC(=O)Nc1ccc(F)cc1Cl)C1CC1. The highest BCUT2D eigenvalue weighted by atomic mass is 35.5. The van der Waals surface area contributed by atoms with Crippen LogP contribution in [0.1, 0.15) is 19.3 Å². The summed E-state index contributed by atoms with van der Waals surface area (Å²) in [5.74, 6) is -1.65. The third-order valence-corrected chi connectivity index (χ3v) is 3.54. The molecule has 1 aliphatic carbocycles. The molecule has 1 saturated carbocycles. The number of benzene rings is 1. The molecule has 2 rings (SSSR count). The molecule has 1 fully saturated rings. The number of carbonyl (C=O) groups is 2. The molecule has 7 heteroatoms. The Morgan fingerprint density at radius 1 is 1.43 bits per heavy atom. The number of aliphatic carboxylic acids is 1. The maximum Gasteiger partial charge on any atom is 0.304 e. The lowest BCUT2D eigenvalue weighted by Crippen LogP contribution is -2.36. The van der Waals surface area contributed by atoms with Crippen molar-refractivity contribution in [3.63, 3.8) is 0 Å². The topological polar surface area (TPSA) is 69.6 Å². The first-order valence-corrected chi connectivity index (χ1v) is 7.04. The highest BCUT2D eigenvalue weighted by Gasteiger charge is 2.30. The van der Waals surface area contributed by atoms with Gasteiger partial charge in [0.1, 0.15) is 5.82 Å². The summed E-state index contributed by atoms with van der Waals surface area (Å²) in [5, 5.41) is 11.5. The minimum absolute atomic E-state index is 0.00108. The van der Waals surface area contributed by atoms with Gasteiger partial charge in [-0.2, -0.15) is 0 Å². The van der Waals surface area contributed by atoms with Crippen molar-refractivity contribution in [3.05, 3.63) is 29.0 Å². The Balaban J connectivity index is 1.91. The number of halogens is 2. The van der Waals surface area contributed by atoms with Crippen molar-refractivity contribution >= 4 is 29.2 Å². The van der Waals surface area contributed by atoms with Crippen molar-refractivity contribution < 1.29 is 19.1 Å². The number of nitrogens with zero attached hydrogens (tertiary/aromatic N) is 1. The highest BCUT2D eigenvalue weighted by Crippen LogP contribution is 2.27. The quantitative estimate of drug-likeness (QED) is 0.810. The van der Waals surface area contributed by atoms with E-state index in [1.165, 1.54) is 12.1 Å². The second-order valence-electron chi connectivity index (χ2n) is 5.02. The Hall–Kier alpha value is -1.66. The van der Waals surface area contributed by atoms with Crippen molar-refractivity contribution in [1.29, 1.82) is 0 Å². The molecule has 0 saturated heterocycles. The van der Waals surface area contributed by atoms with E-state index in [9.17, 15) is 14.0 Å². The lowest BCUT2D eigenvalue weighted by Gasteiger charge is -2.20. The largest absolute Gasteiger partial charge is 0.481 e. The van der Waals surface area contributed by atoms with Crippen molar-refractivity contribution in [3.8, 4) is 0 Å². The van der Waals surface area contributed by atoms with E-state index in [-0.39, 0.29) is 29.9 Å². The van der Waals surface area contributed by atoms with E-state index in [1.807, 2.05) is 4.90 Å². The number of hydrogen-bond acceptors (Lipinski definition) is 3. The Bertz CT molecular complexity index is 549. The normalized spacial score (nSPS) is 14.2. The zero-order chi connectivity index (χ0) is 15.4. The Morgan fingerprint density at radius 2 is 2.14 bits per heavy atom. The lowest BCUT2D eigenvalue weighted by atomic mass is 10.3. The van der Waals surface area contributed by atoms with Crippen LogP contribution in [-0.2, 0) is 9.59 Å². The van der Waals surface area contributed by atoms with Crippen LogP contribution in [0.4, 0.5) is 10.1 Å². The molecule has 0 unspecified atom stereocenters. The minimum Gasteiger partial charge on any atom is -0.481 e. The van der Waals surface area contributed by atoms with Gasteiger partial charge in [-0.1, -0.05) is 11.6 Å². The van der Waals surface area contributed by atoms with Gasteiger partial charge in [0.2, 0.25) is 5.91 Å². The highest BCUT2D eigenvalue weighted by molar-refractivity contribution is 6.33. The van der Waals surface area contributed by atoms with Crippen LogP contribution in [0.3, 0.4) is 0 Å². The fourth-order valence-corrected chi connectivity index (χ4v) is 2.25. The summed E-state index contributed by atoms with van der Waals surface area (Å²) in [6.45, 7) is 0.441. The number of carboxylic acids is 1. The van der Waals surface area contributed by atoms with Crippen molar-refractivity contribution in [1.82, 2.24) is 4.90 Å². The fraction of sp³-hybridized carbons (Fsp3) is 0.429. The van der Waals surface area contributed by atoms with E-state index >= 15 is 0 Å². The number of carboxylic acid groups (broad SMARTS) is 1. The predicted octanol–water partition coefficient (Wildman–Crippen LogP) is 2.36. The van der Waals surface area contributed by atoms with Crippen LogP contribution in [0.5, 0.6) is 0 Å². The standard InChI is InChI=1S/C14H16ClFN2O3/c15-11-7-9(16)1-4-12(11)17-13(19)8-18(10-2-3-10)6-5-14(20)21/h1,4,7,10H,2-3,5-6,8H2,(H,17,19)(H,20,21). The van der Waals surface area contributed by atoms with Crippen molar-refractivity contribution in [2.75, 3.05) is 18.4 Å². The molecular weight excluding hydrogens is 299 g/mol. The third kappa shape index (κ3) is 4.99. The Labute approximate surface area is 126 Å². The van der Waals surface area contributed by atoms with E-state index < -0.39 is 11.8 Å². The van der Waals surface area contributed by atoms with Gasteiger partial charge >= 0.3 is 5.97 Å². The molecule has 114 valence electrons. The van der Waals surface area contributed by atoms with Crippen LogP contribution in [-0.4, -0.2) is 41.0 Å². The first kappa shape index (κ1) is 15.7. The summed E-state index contributed by atoms with van der Waals surface area (Å²) in [6.07, 6.45) is 1.95. The van der Waals surface area contributed by atoms with E-state index in [2.05, 4.69) is 5.32 Å². The van der Waals surface area contributed by atoms with E-state index in [0.29, 0.717) is 12.2 Å². The van der Waals surface area contributed by atoms with Crippen molar-refractivity contribution in [2.24, 2.45) is 0 Å². The number of anilines is 1. The first-order chi connectivity index (χ1) is 9.95. The molecule has 1 amide bonds. The van der Waals surface area contributed by atoms with Crippen LogP contribution >= 0.6 is 11.6 Å². The Morgan fingerprint density at radius 3 is 2.71 bits per heavy atom. The van der Waals surface area contributed by atoms with Gasteiger partial charge < -0.3 is 10.4 Å². The molecule has 1 aromatic carbocycles. The fourth-order valence-electron chi connectivity index (χ4n) is 2.03.